The quantitative estimate of drug-likeness (QED) is 0.682. The molecule has 2 aromatic carbocycles. The maximum Gasteiger partial charge on any atom is 0.120 e. The number of oxime groups is 1. The Morgan fingerprint density at radius 3 is 2.52 bits per heavy atom. The van der Waals surface area contributed by atoms with Crippen LogP contribution in [-0.2, 0) is 13.0 Å². The van der Waals surface area contributed by atoms with Gasteiger partial charge >= 0.3 is 0 Å². The van der Waals surface area contributed by atoms with Crippen molar-refractivity contribution in [3.63, 3.8) is 0 Å². The molecular formula is C18H19NO2. The van der Waals surface area contributed by atoms with Crippen LogP contribution >= 0.6 is 0 Å². The summed E-state index contributed by atoms with van der Waals surface area (Å²) >= 11 is 0. The first-order valence-electron chi connectivity index (χ1n) is 7.20. The molecule has 0 fully saturated rings. The molecule has 3 heteroatoms. The molecule has 21 heavy (non-hydrogen) atoms. The van der Waals surface area contributed by atoms with Crippen molar-refractivity contribution in [2.75, 3.05) is 0 Å². The SMILES string of the molecule is Cc1cc(C)cc(COc2ccc3c(c2)CC/C3=N\O)c1. The van der Waals surface area contributed by atoms with Gasteiger partial charge in [-0.05, 0) is 56.0 Å². The average molecular weight is 281 g/mol. The Kier molecular flexibility index (Phi) is 3.65. The molecule has 0 saturated heterocycles. The zero-order valence-corrected chi connectivity index (χ0v) is 12.4. The van der Waals surface area contributed by atoms with Crippen molar-refractivity contribution >= 4 is 5.71 Å². The summed E-state index contributed by atoms with van der Waals surface area (Å²) in [6.07, 6.45) is 1.71. The number of nitrogens with zero attached hydrogens (tertiary/aromatic N) is 1. The fourth-order valence-electron chi connectivity index (χ4n) is 2.96. The summed E-state index contributed by atoms with van der Waals surface area (Å²) < 4.78 is 5.89. The minimum Gasteiger partial charge on any atom is -0.489 e. The zero-order valence-electron chi connectivity index (χ0n) is 12.4. The standard InChI is InChI=1S/C18H19NO2/c1-12-7-13(2)9-14(8-12)11-21-16-4-5-17-15(10-16)3-6-18(17)19-20/h4-5,7-10,20H,3,6,11H2,1-2H3/b19-18+. The van der Waals surface area contributed by atoms with E-state index in [0.29, 0.717) is 6.61 Å². The van der Waals surface area contributed by atoms with Gasteiger partial charge in [-0.3, -0.25) is 0 Å². The summed E-state index contributed by atoms with van der Waals surface area (Å²) in [5.74, 6) is 0.868. The van der Waals surface area contributed by atoms with Crippen LogP contribution in [0.1, 0.15) is 34.2 Å². The van der Waals surface area contributed by atoms with Crippen molar-refractivity contribution < 1.29 is 9.94 Å². The van der Waals surface area contributed by atoms with Crippen molar-refractivity contribution in [3.8, 4) is 5.75 Å². The molecule has 0 spiro atoms. The minimum atomic E-state index is 0.572. The molecule has 0 aliphatic heterocycles. The summed E-state index contributed by atoms with van der Waals surface area (Å²) in [5.41, 5.74) is 6.70. The monoisotopic (exact) mass is 281 g/mol. The third-order valence-corrected chi connectivity index (χ3v) is 3.83. The molecule has 0 unspecified atom stereocenters. The van der Waals surface area contributed by atoms with Crippen LogP contribution in [0.25, 0.3) is 0 Å². The van der Waals surface area contributed by atoms with Gasteiger partial charge in [-0.2, -0.15) is 0 Å². The molecule has 0 saturated carbocycles. The second kappa shape index (κ2) is 5.60. The number of aryl methyl sites for hydroxylation is 3. The molecule has 2 aromatic rings. The molecule has 3 nitrogen and oxygen atoms in total. The van der Waals surface area contributed by atoms with Crippen molar-refractivity contribution in [2.45, 2.75) is 33.3 Å². The van der Waals surface area contributed by atoms with Crippen molar-refractivity contribution in [3.05, 3.63) is 64.2 Å². The predicted octanol–water partition coefficient (Wildman–Crippen LogP) is 4.01. The van der Waals surface area contributed by atoms with Gasteiger partial charge in [0.1, 0.15) is 12.4 Å². The van der Waals surface area contributed by atoms with Gasteiger partial charge < -0.3 is 9.94 Å². The lowest BCUT2D eigenvalue weighted by Gasteiger charge is -2.09. The average Bonchev–Trinajstić information content (AvgIpc) is 2.86. The van der Waals surface area contributed by atoms with Gasteiger partial charge in [-0.25, -0.2) is 0 Å². The Balaban J connectivity index is 1.74. The first-order valence-corrected chi connectivity index (χ1v) is 7.20. The van der Waals surface area contributed by atoms with Crippen LogP contribution in [0.4, 0.5) is 0 Å². The highest BCUT2D eigenvalue weighted by atomic mass is 16.5. The van der Waals surface area contributed by atoms with E-state index in [1.54, 1.807) is 0 Å². The molecule has 0 bridgehead atoms. The van der Waals surface area contributed by atoms with E-state index in [0.717, 1.165) is 29.9 Å². The molecule has 0 atom stereocenters. The van der Waals surface area contributed by atoms with E-state index in [1.165, 1.54) is 22.3 Å². The van der Waals surface area contributed by atoms with Gasteiger partial charge in [0.05, 0.1) is 5.71 Å². The van der Waals surface area contributed by atoms with E-state index in [1.807, 2.05) is 12.1 Å². The molecular weight excluding hydrogens is 262 g/mol. The van der Waals surface area contributed by atoms with Gasteiger partial charge in [0, 0.05) is 5.56 Å². The maximum atomic E-state index is 8.94. The van der Waals surface area contributed by atoms with E-state index in [9.17, 15) is 0 Å². The van der Waals surface area contributed by atoms with Crippen LogP contribution in [0.5, 0.6) is 5.75 Å². The predicted molar refractivity (Wildman–Crippen MR) is 83.3 cm³/mol. The van der Waals surface area contributed by atoms with E-state index in [2.05, 4.69) is 43.3 Å². The second-order valence-electron chi connectivity index (χ2n) is 5.65. The Labute approximate surface area is 124 Å². The number of hydrogen-bond donors (Lipinski definition) is 1. The normalized spacial score (nSPS) is 15.2. The number of ether oxygens (including phenoxy) is 1. The second-order valence-corrected chi connectivity index (χ2v) is 5.65. The van der Waals surface area contributed by atoms with Gasteiger partial charge in [0.15, 0.2) is 0 Å². The van der Waals surface area contributed by atoms with Crippen LogP contribution < -0.4 is 4.74 Å². The van der Waals surface area contributed by atoms with Crippen LogP contribution in [0.3, 0.4) is 0 Å². The first kappa shape index (κ1) is 13.7. The lowest BCUT2D eigenvalue weighted by Crippen LogP contribution is -1.98. The van der Waals surface area contributed by atoms with E-state index >= 15 is 0 Å². The van der Waals surface area contributed by atoms with Crippen molar-refractivity contribution in [1.82, 2.24) is 0 Å². The Hall–Kier alpha value is -2.29. The Bertz CT molecular complexity index is 684. The van der Waals surface area contributed by atoms with Crippen LogP contribution in [-0.4, -0.2) is 10.9 Å². The molecule has 0 heterocycles. The molecule has 0 amide bonds. The molecule has 1 aliphatic rings. The lowest BCUT2D eigenvalue weighted by atomic mass is 10.1. The van der Waals surface area contributed by atoms with Gasteiger partial charge in [-0.1, -0.05) is 34.5 Å². The van der Waals surface area contributed by atoms with Crippen LogP contribution in [0, 0.1) is 13.8 Å². The Morgan fingerprint density at radius 1 is 1.05 bits per heavy atom. The summed E-state index contributed by atoms with van der Waals surface area (Å²) in [5, 5.41) is 12.3. The van der Waals surface area contributed by atoms with Gasteiger partial charge in [0.25, 0.3) is 0 Å². The zero-order chi connectivity index (χ0) is 14.8. The third-order valence-electron chi connectivity index (χ3n) is 3.83. The van der Waals surface area contributed by atoms with Gasteiger partial charge in [-0.15, -0.1) is 0 Å². The molecule has 108 valence electrons. The Morgan fingerprint density at radius 2 is 1.81 bits per heavy atom. The third kappa shape index (κ3) is 2.92. The largest absolute Gasteiger partial charge is 0.489 e. The van der Waals surface area contributed by atoms with Crippen LogP contribution in [0.2, 0.25) is 0 Å². The number of rotatable bonds is 3. The lowest BCUT2D eigenvalue weighted by molar-refractivity contribution is 0.306. The molecule has 3 rings (SSSR count). The van der Waals surface area contributed by atoms with Gasteiger partial charge in [0.2, 0.25) is 0 Å². The number of benzene rings is 2. The smallest absolute Gasteiger partial charge is 0.120 e. The first-order chi connectivity index (χ1) is 10.2. The fourth-order valence-corrected chi connectivity index (χ4v) is 2.96. The summed E-state index contributed by atoms with van der Waals surface area (Å²) in [4.78, 5) is 0. The van der Waals surface area contributed by atoms with Crippen molar-refractivity contribution in [1.29, 1.82) is 0 Å². The topological polar surface area (TPSA) is 41.8 Å². The van der Waals surface area contributed by atoms with Crippen molar-refractivity contribution in [2.24, 2.45) is 5.16 Å². The fraction of sp³-hybridized carbons (Fsp3) is 0.278. The molecule has 1 aliphatic carbocycles. The van der Waals surface area contributed by atoms with E-state index in [-0.39, 0.29) is 0 Å². The summed E-state index contributed by atoms with van der Waals surface area (Å²) in [6, 6.07) is 12.4. The molecule has 0 radical (unpaired) electrons. The number of fused-ring (bicyclic) bond motifs is 1. The van der Waals surface area contributed by atoms with E-state index in [4.69, 9.17) is 9.94 Å². The molecule has 0 aromatic heterocycles. The summed E-state index contributed by atoms with van der Waals surface area (Å²) in [7, 11) is 0. The minimum absolute atomic E-state index is 0.572. The highest BCUT2D eigenvalue weighted by Gasteiger charge is 2.18. The van der Waals surface area contributed by atoms with Crippen LogP contribution in [0.15, 0.2) is 41.6 Å². The summed E-state index contributed by atoms with van der Waals surface area (Å²) in [6.45, 7) is 4.77. The highest BCUT2D eigenvalue weighted by Crippen LogP contribution is 2.27. The number of hydrogen-bond acceptors (Lipinski definition) is 3. The molecule has 1 N–H and O–H groups in total. The van der Waals surface area contributed by atoms with E-state index < -0.39 is 0 Å². The maximum absolute atomic E-state index is 8.94. The highest BCUT2D eigenvalue weighted by molar-refractivity contribution is 6.04.